The molecule has 1 unspecified atom stereocenters. The topological polar surface area (TPSA) is 107 Å². The van der Waals surface area contributed by atoms with Crippen LogP contribution < -0.4 is 0 Å². The zero-order valence-electron chi connectivity index (χ0n) is 11.4. The van der Waals surface area contributed by atoms with Crippen LogP contribution >= 0.6 is 0 Å². The van der Waals surface area contributed by atoms with Gasteiger partial charge >= 0.3 is 41.5 Å². The van der Waals surface area contributed by atoms with Crippen molar-refractivity contribution >= 4 is 51.6 Å². The number of rotatable bonds is 10. The Morgan fingerprint density at radius 2 is 1.90 bits per heavy atom. The Morgan fingerprint density at radius 3 is 2.38 bits per heavy atom. The number of hydrogen-bond acceptors (Lipinski definition) is 6. The van der Waals surface area contributed by atoms with Crippen LogP contribution in [-0.4, -0.2) is 72.9 Å². The third-order valence-corrected chi connectivity index (χ3v) is 3.41. The summed E-state index contributed by atoms with van der Waals surface area (Å²) >= 11 is 0. The van der Waals surface area contributed by atoms with Gasteiger partial charge in [0.2, 0.25) is 0 Å². The van der Waals surface area contributed by atoms with Crippen molar-refractivity contribution in [2.75, 3.05) is 13.2 Å². The molecule has 0 aromatic carbocycles. The number of ether oxygens (including phenoxy) is 2. The van der Waals surface area contributed by atoms with Gasteiger partial charge in [-0.15, -0.1) is 0 Å². The molecule has 0 aliphatic carbocycles. The predicted octanol–water partition coefficient (Wildman–Crippen LogP) is 0.447. The number of carbonyl (C=O) groups excluding carboxylic acids is 2. The van der Waals surface area contributed by atoms with Gasteiger partial charge in [-0.1, -0.05) is 32.4 Å². The average molecular weight is 332 g/mol. The summed E-state index contributed by atoms with van der Waals surface area (Å²) in [6, 6.07) is 0. The molecule has 0 radical (unpaired) electrons. The van der Waals surface area contributed by atoms with Gasteiger partial charge in [-0.3, -0.25) is 14.1 Å². The molecule has 1 N–H and O–H groups in total. The molecule has 0 spiro atoms. The van der Waals surface area contributed by atoms with Crippen LogP contribution in [0.5, 0.6) is 0 Å². The molecule has 0 fully saturated rings. The second-order valence-corrected chi connectivity index (χ2v) is 5.65. The normalized spacial score (nSPS) is 11.9. The van der Waals surface area contributed by atoms with Crippen LogP contribution in [0.25, 0.3) is 0 Å². The first-order chi connectivity index (χ1) is 9.32. The van der Waals surface area contributed by atoms with E-state index in [2.05, 4.69) is 11.3 Å². The van der Waals surface area contributed by atoms with Crippen molar-refractivity contribution < 1.29 is 32.0 Å². The second kappa shape index (κ2) is 12.2. The molecule has 0 amide bonds. The fraction of sp³-hybridized carbons (Fsp3) is 0.667. The van der Waals surface area contributed by atoms with E-state index in [0.717, 1.165) is 12.8 Å². The fourth-order valence-electron chi connectivity index (χ4n) is 1.29. The molecule has 0 saturated heterocycles. The molecule has 1 atom stereocenters. The van der Waals surface area contributed by atoms with Crippen molar-refractivity contribution in [1.29, 1.82) is 0 Å². The first-order valence-electron chi connectivity index (χ1n) is 6.22. The van der Waals surface area contributed by atoms with E-state index in [1.165, 1.54) is 6.08 Å². The summed E-state index contributed by atoms with van der Waals surface area (Å²) in [5.41, 5.74) is 0. The van der Waals surface area contributed by atoms with Crippen molar-refractivity contribution in [3.05, 3.63) is 12.7 Å². The van der Waals surface area contributed by atoms with Gasteiger partial charge in [0.05, 0.1) is 13.0 Å². The molecule has 0 aromatic heterocycles. The molecule has 0 rings (SSSR count). The van der Waals surface area contributed by atoms with Crippen LogP contribution in [0.2, 0.25) is 0 Å². The van der Waals surface area contributed by atoms with E-state index in [1.54, 1.807) is 0 Å². The van der Waals surface area contributed by atoms with Gasteiger partial charge in [-0.2, -0.15) is 8.42 Å². The molecule has 0 saturated carbocycles. The summed E-state index contributed by atoms with van der Waals surface area (Å²) in [4.78, 5) is 22.9. The molecule has 0 aromatic rings. The molecular formula is C12H21NaO7S. The molecule has 0 aliphatic heterocycles. The van der Waals surface area contributed by atoms with Gasteiger partial charge in [0.15, 0.2) is 5.25 Å². The van der Waals surface area contributed by atoms with Gasteiger partial charge in [0.25, 0.3) is 10.1 Å². The van der Waals surface area contributed by atoms with E-state index in [9.17, 15) is 18.0 Å². The summed E-state index contributed by atoms with van der Waals surface area (Å²) in [7, 11) is -4.73. The van der Waals surface area contributed by atoms with Crippen molar-refractivity contribution in [3.63, 3.8) is 0 Å². The quantitative estimate of drug-likeness (QED) is 0.203. The Morgan fingerprint density at radius 1 is 1.29 bits per heavy atom. The Bertz CT molecular complexity index is 433. The standard InChI is InChI=1S/C12H20O7S.Na.H/c1-3-5-6-8-18-11(13)9-10(20(15,16)17)12(14)19-7-4-2;;/h4,10H,2-3,5-9H2,1H3,(H,15,16,17);;. The van der Waals surface area contributed by atoms with Gasteiger partial charge in [0.1, 0.15) is 6.61 Å². The summed E-state index contributed by atoms with van der Waals surface area (Å²) in [5, 5.41) is -1.97. The summed E-state index contributed by atoms with van der Waals surface area (Å²) < 4.78 is 40.4. The van der Waals surface area contributed by atoms with E-state index in [4.69, 9.17) is 9.29 Å². The minimum atomic E-state index is -4.73. The van der Waals surface area contributed by atoms with Crippen molar-refractivity contribution in [2.45, 2.75) is 37.9 Å². The second-order valence-electron chi connectivity index (χ2n) is 4.05. The van der Waals surface area contributed by atoms with Gasteiger partial charge in [-0.25, -0.2) is 0 Å². The van der Waals surface area contributed by atoms with Crippen LogP contribution in [0, 0.1) is 0 Å². The van der Waals surface area contributed by atoms with Crippen LogP contribution in [0.4, 0.5) is 0 Å². The molecule has 9 heteroatoms. The van der Waals surface area contributed by atoms with Crippen molar-refractivity contribution in [1.82, 2.24) is 0 Å². The van der Waals surface area contributed by atoms with Crippen molar-refractivity contribution in [3.8, 4) is 0 Å². The zero-order valence-corrected chi connectivity index (χ0v) is 12.2. The number of esters is 2. The Balaban J connectivity index is 0. The van der Waals surface area contributed by atoms with Gasteiger partial charge < -0.3 is 9.47 Å². The maximum atomic E-state index is 11.4. The summed E-state index contributed by atoms with van der Waals surface area (Å²) in [5.74, 6) is -2.09. The molecule has 21 heavy (non-hydrogen) atoms. The Hall–Kier alpha value is -0.410. The fourth-order valence-corrected chi connectivity index (χ4v) is 1.95. The SMILES string of the molecule is C=CCOC(=O)C(CC(=O)OCCCCC)S(=O)(=O)O.[NaH]. The number of hydrogen-bond donors (Lipinski definition) is 1. The first-order valence-corrected chi connectivity index (χ1v) is 7.72. The number of unbranched alkanes of at least 4 members (excludes halogenated alkanes) is 2. The molecule has 7 nitrogen and oxygen atoms in total. The van der Waals surface area contributed by atoms with Crippen LogP contribution in [-0.2, 0) is 29.2 Å². The van der Waals surface area contributed by atoms with E-state index < -0.39 is 33.7 Å². The van der Waals surface area contributed by atoms with Crippen LogP contribution in [0.15, 0.2) is 12.7 Å². The molecule has 0 aliphatic rings. The van der Waals surface area contributed by atoms with Crippen LogP contribution in [0.3, 0.4) is 0 Å². The Kier molecular flexibility index (Phi) is 13.2. The maximum absolute atomic E-state index is 11.4. The van der Waals surface area contributed by atoms with Gasteiger partial charge in [0, 0.05) is 0 Å². The molecule has 118 valence electrons. The summed E-state index contributed by atoms with van der Waals surface area (Å²) in [6.07, 6.45) is 2.93. The zero-order chi connectivity index (χ0) is 15.6. The third-order valence-electron chi connectivity index (χ3n) is 2.33. The van der Waals surface area contributed by atoms with E-state index in [0.29, 0.717) is 6.42 Å². The van der Waals surface area contributed by atoms with E-state index in [1.807, 2.05) is 6.92 Å². The van der Waals surface area contributed by atoms with Crippen molar-refractivity contribution in [2.24, 2.45) is 0 Å². The van der Waals surface area contributed by atoms with Gasteiger partial charge in [-0.05, 0) is 6.42 Å². The predicted molar refractivity (Wildman–Crippen MR) is 78.7 cm³/mol. The Labute approximate surface area is 147 Å². The average Bonchev–Trinajstić information content (AvgIpc) is 2.37. The first kappa shape index (κ1) is 22.9. The minimum absolute atomic E-state index is 0. The summed E-state index contributed by atoms with van der Waals surface area (Å²) in [6.45, 7) is 5.20. The molecule has 0 heterocycles. The molecular weight excluding hydrogens is 311 g/mol. The third kappa shape index (κ3) is 10.9. The molecule has 0 bridgehead atoms. The number of carbonyl (C=O) groups is 2. The van der Waals surface area contributed by atoms with E-state index in [-0.39, 0.29) is 42.8 Å². The van der Waals surface area contributed by atoms with Crippen LogP contribution in [0.1, 0.15) is 32.6 Å². The monoisotopic (exact) mass is 332 g/mol. The van der Waals surface area contributed by atoms with E-state index >= 15 is 0 Å².